The standard InChI is InChI=1S/C16H22F2N2O/c1-10-7-11(2)9-20(8-10)12(3)16(21)19-15-13(17)5-4-6-14(15)18/h4-6,10-12H,7-9H2,1-3H3,(H,19,21)/p+1/t10-,11-,12-/m0/s1. The first-order chi connectivity index (χ1) is 9.88. The molecule has 1 amide bonds. The number of hydrogen-bond donors (Lipinski definition) is 2. The Morgan fingerprint density at radius 3 is 2.29 bits per heavy atom. The van der Waals surface area contributed by atoms with Gasteiger partial charge >= 0.3 is 0 Å². The zero-order valence-electron chi connectivity index (χ0n) is 12.7. The van der Waals surface area contributed by atoms with Crippen molar-refractivity contribution in [3.8, 4) is 0 Å². The first kappa shape index (κ1) is 15.9. The van der Waals surface area contributed by atoms with Crippen molar-refractivity contribution >= 4 is 11.6 Å². The lowest BCUT2D eigenvalue weighted by Gasteiger charge is -2.35. The van der Waals surface area contributed by atoms with E-state index >= 15 is 0 Å². The molecule has 3 atom stereocenters. The summed E-state index contributed by atoms with van der Waals surface area (Å²) in [6.45, 7) is 8.00. The maximum Gasteiger partial charge on any atom is 0.282 e. The van der Waals surface area contributed by atoms with Crippen LogP contribution in [-0.2, 0) is 4.79 Å². The van der Waals surface area contributed by atoms with Crippen LogP contribution in [0.5, 0.6) is 0 Å². The van der Waals surface area contributed by atoms with Gasteiger partial charge in [-0.2, -0.15) is 0 Å². The van der Waals surface area contributed by atoms with E-state index in [1.165, 1.54) is 17.4 Å². The van der Waals surface area contributed by atoms with Crippen LogP contribution in [-0.4, -0.2) is 25.0 Å². The van der Waals surface area contributed by atoms with Gasteiger partial charge in [0.2, 0.25) is 0 Å². The predicted octanol–water partition coefficient (Wildman–Crippen LogP) is 1.85. The molecule has 0 unspecified atom stereocenters. The van der Waals surface area contributed by atoms with Crippen LogP contribution in [0.4, 0.5) is 14.5 Å². The molecule has 1 fully saturated rings. The molecule has 0 bridgehead atoms. The zero-order chi connectivity index (χ0) is 15.6. The molecule has 21 heavy (non-hydrogen) atoms. The maximum atomic E-state index is 13.6. The number of likely N-dealkylation sites (tertiary alicyclic amines) is 1. The molecule has 3 nitrogen and oxygen atoms in total. The third-order valence-corrected chi connectivity index (χ3v) is 4.24. The number of nitrogens with one attached hydrogen (secondary N) is 2. The molecule has 1 aromatic rings. The fourth-order valence-electron chi connectivity index (χ4n) is 3.22. The van der Waals surface area contributed by atoms with Gasteiger partial charge in [-0.1, -0.05) is 19.9 Å². The number of benzene rings is 1. The Morgan fingerprint density at radius 1 is 1.24 bits per heavy atom. The van der Waals surface area contributed by atoms with Gasteiger partial charge in [0.15, 0.2) is 6.04 Å². The van der Waals surface area contributed by atoms with Crippen molar-refractivity contribution in [1.82, 2.24) is 0 Å². The minimum Gasteiger partial charge on any atom is -0.324 e. The Bertz CT molecular complexity index is 491. The number of amides is 1. The monoisotopic (exact) mass is 297 g/mol. The zero-order valence-corrected chi connectivity index (χ0v) is 12.7. The van der Waals surface area contributed by atoms with Gasteiger partial charge in [0.05, 0.1) is 13.1 Å². The lowest BCUT2D eigenvalue weighted by Crippen LogP contribution is -3.18. The lowest BCUT2D eigenvalue weighted by atomic mass is 9.91. The summed E-state index contributed by atoms with van der Waals surface area (Å²) in [4.78, 5) is 13.4. The summed E-state index contributed by atoms with van der Waals surface area (Å²) in [5, 5.41) is 2.40. The summed E-state index contributed by atoms with van der Waals surface area (Å²) in [7, 11) is 0. The van der Waals surface area contributed by atoms with Gasteiger partial charge in [-0.3, -0.25) is 4.79 Å². The van der Waals surface area contributed by atoms with Crippen LogP contribution in [0.25, 0.3) is 0 Å². The van der Waals surface area contributed by atoms with E-state index in [-0.39, 0.29) is 17.6 Å². The molecule has 0 aromatic heterocycles. The van der Waals surface area contributed by atoms with E-state index < -0.39 is 11.6 Å². The predicted molar refractivity (Wildman–Crippen MR) is 78.1 cm³/mol. The second-order valence-corrected chi connectivity index (χ2v) is 6.32. The average Bonchev–Trinajstić information content (AvgIpc) is 2.41. The summed E-state index contributed by atoms with van der Waals surface area (Å²) < 4.78 is 27.2. The van der Waals surface area contributed by atoms with Crippen molar-refractivity contribution in [2.24, 2.45) is 11.8 Å². The normalized spacial score (nSPS) is 27.2. The van der Waals surface area contributed by atoms with Crippen LogP contribution in [0.2, 0.25) is 0 Å². The SMILES string of the molecule is C[C@H]1C[C@H](C)C[NH+]([C@@H](C)C(=O)Nc2c(F)cccc2F)C1. The molecule has 0 radical (unpaired) electrons. The molecule has 2 rings (SSSR count). The average molecular weight is 297 g/mol. The van der Waals surface area contributed by atoms with Crippen molar-refractivity contribution in [3.05, 3.63) is 29.8 Å². The second kappa shape index (κ2) is 6.52. The first-order valence-corrected chi connectivity index (χ1v) is 7.48. The third kappa shape index (κ3) is 3.79. The van der Waals surface area contributed by atoms with Crippen LogP contribution in [0, 0.1) is 23.5 Å². The number of anilines is 1. The third-order valence-electron chi connectivity index (χ3n) is 4.24. The summed E-state index contributed by atoms with van der Waals surface area (Å²) in [6.07, 6.45) is 1.17. The Kier molecular flexibility index (Phi) is 4.93. The number of hydrogen-bond acceptors (Lipinski definition) is 1. The molecule has 1 heterocycles. The molecule has 1 saturated heterocycles. The van der Waals surface area contributed by atoms with E-state index in [1.807, 2.05) is 6.92 Å². The maximum absolute atomic E-state index is 13.6. The summed E-state index contributed by atoms with van der Waals surface area (Å²) in [5.74, 6) is -0.708. The topological polar surface area (TPSA) is 33.5 Å². The van der Waals surface area contributed by atoms with Gasteiger partial charge < -0.3 is 10.2 Å². The highest BCUT2D eigenvalue weighted by molar-refractivity contribution is 5.93. The molecular weight excluding hydrogens is 274 g/mol. The van der Waals surface area contributed by atoms with E-state index in [1.54, 1.807) is 0 Å². The van der Waals surface area contributed by atoms with E-state index in [0.29, 0.717) is 11.8 Å². The van der Waals surface area contributed by atoms with Gasteiger partial charge in [-0.25, -0.2) is 8.78 Å². The molecule has 2 N–H and O–H groups in total. The Balaban J connectivity index is 2.06. The second-order valence-electron chi connectivity index (χ2n) is 6.32. The Morgan fingerprint density at radius 2 is 1.76 bits per heavy atom. The molecular formula is C16H23F2N2O+. The van der Waals surface area contributed by atoms with Crippen LogP contribution in [0.3, 0.4) is 0 Å². The van der Waals surface area contributed by atoms with E-state index in [2.05, 4.69) is 19.2 Å². The molecule has 1 aliphatic rings. The smallest absolute Gasteiger partial charge is 0.282 e. The number of carbonyl (C=O) groups is 1. The van der Waals surface area contributed by atoms with Crippen LogP contribution >= 0.6 is 0 Å². The largest absolute Gasteiger partial charge is 0.324 e. The van der Waals surface area contributed by atoms with Gasteiger partial charge in [-0.15, -0.1) is 0 Å². The summed E-state index contributed by atoms with van der Waals surface area (Å²) >= 11 is 0. The van der Waals surface area contributed by atoms with Crippen LogP contribution < -0.4 is 10.2 Å². The number of rotatable bonds is 3. The number of halogens is 2. The summed E-state index contributed by atoms with van der Waals surface area (Å²) in [5.41, 5.74) is -0.355. The van der Waals surface area contributed by atoms with Crippen LogP contribution in [0.1, 0.15) is 27.2 Å². The quantitative estimate of drug-likeness (QED) is 0.877. The van der Waals surface area contributed by atoms with Crippen molar-refractivity contribution in [2.75, 3.05) is 18.4 Å². The number of piperidine rings is 1. The van der Waals surface area contributed by atoms with E-state index in [9.17, 15) is 13.6 Å². The number of carbonyl (C=O) groups excluding carboxylic acids is 1. The van der Waals surface area contributed by atoms with Gasteiger partial charge in [0.1, 0.15) is 17.3 Å². The molecule has 1 aliphatic heterocycles. The Labute approximate surface area is 124 Å². The minimum atomic E-state index is -0.745. The van der Waals surface area contributed by atoms with Gasteiger partial charge in [0.25, 0.3) is 5.91 Å². The molecule has 5 heteroatoms. The van der Waals surface area contributed by atoms with E-state index in [4.69, 9.17) is 0 Å². The summed E-state index contributed by atoms with van der Waals surface area (Å²) in [6, 6.07) is 3.24. The fourth-order valence-corrected chi connectivity index (χ4v) is 3.22. The Hall–Kier alpha value is -1.49. The molecule has 0 aliphatic carbocycles. The van der Waals surface area contributed by atoms with Gasteiger partial charge in [0, 0.05) is 11.8 Å². The molecule has 0 spiro atoms. The minimum absolute atomic E-state index is 0.325. The fraction of sp³-hybridized carbons (Fsp3) is 0.562. The number of para-hydroxylation sites is 1. The lowest BCUT2D eigenvalue weighted by molar-refractivity contribution is -0.925. The van der Waals surface area contributed by atoms with Crippen molar-refractivity contribution < 1.29 is 18.5 Å². The van der Waals surface area contributed by atoms with Crippen LogP contribution in [0.15, 0.2) is 18.2 Å². The highest BCUT2D eigenvalue weighted by atomic mass is 19.1. The molecule has 0 saturated carbocycles. The van der Waals surface area contributed by atoms with E-state index in [0.717, 1.165) is 25.2 Å². The molecule has 1 aromatic carbocycles. The van der Waals surface area contributed by atoms with Crippen molar-refractivity contribution in [2.45, 2.75) is 33.2 Å². The van der Waals surface area contributed by atoms with Crippen molar-refractivity contribution in [1.29, 1.82) is 0 Å². The number of quaternary nitrogens is 1. The highest BCUT2D eigenvalue weighted by Gasteiger charge is 2.32. The highest BCUT2D eigenvalue weighted by Crippen LogP contribution is 2.18. The molecule has 116 valence electrons. The van der Waals surface area contributed by atoms with Gasteiger partial charge in [-0.05, 0) is 25.5 Å². The van der Waals surface area contributed by atoms with Crippen molar-refractivity contribution in [3.63, 3.8) is 0 Å². The first-order valence-electron chi connectivity index (χ1n) is 7.48.